The Bertz CT molecular complexity index is 1720. The molecule has 0 amide bonds. The standard InChI is InChI=1S/C30H26O12/c31-13-7-20(37)24-23(8-13)41-29(12-2-4-16(33)19(36)6-12)27(40)26(24)25-21(38)10-17(34)14-9-22(39)28(42-30(14)25)11-1-3-15(32)18(35)5-11/h1-8,10,22,26-29,31-40H,9H2/t22-,26-,27-,28+,29+/m1/s1. The van der Waals surface area contributed by atoms with Gasteiger partial charge in [-0.2, -0.15) is 0 Å². The Kier molecular flexibility index (Phi) is 6.24. The van der Waals surface area contributed by atoms with Gasteiger partial charge in [0.05, 0.1) is 12.0 Å². The molecule has 2 aliphatic rings. The van der Waals surface area contributed by atoms with E-state index in [0.717, 1.165) is 12.1 Å². The van der Waals surface area contributed by atoms with Gasteiger partial charge in [0.2, 0.25) is 0 Å². The Hall–Kier alpha value is -5.20. The van der Waals surface area contributed by atoms with Crippen LogP contribution in [0.2, 0.25) is 0 Å². The molecule has 42 heavy (non-hydrogen) atoms. The Labute approximate surface area is 237 Å². The first-order chi connectivity index (χ1) is 19.9. The molecule has 6 rings (SSSR count). The van der Waals surface area contributed by atoms with Crippen LogP contribution in [-0.4, -0.2) is 63.3 Å². The minimum Gasteiger partial charge on any atom is -0.508 e. The summed E-state index contributed by atoms with van der Waals surface area (Å²) in [6.07, 6.45) is -5.43. The summed E-state index contributed by atoms with van der Waals surface area (Å²) in [6.45, 7) is 0. The van der Waals surface area contributed by atoms with Gasteiger partial charge in [0.1, 0.15) is 46.7 Å². The number of fused-ring (bicyclic) bond motifs is 2. The topological polar surface area (TPSA) is 221 Å². The highest BCUT2D eigenvalue weighted by atomic mass is 16.5. The van der Waals surface area contributed by atoms with Crippen molar-refractivity contribution in [1.82, 2.24) is 0 Å². The van der Waals surface area contributed by atoms with Crippen LogP contribution in [0.25, 0.3) is 0 Å². The summed E-state index contributed by atoms with van der Waals surface area (Å²) >= 11 is 0. The van der Waals surface area contributed by atoms with Crippen molar-refractivity contribution in [2.75, 3.05) is 0 Å². The third kappa shape index (κ3) is 4.24. The van der Waals surface area contributed by atoms with Crippen LogP contribution >= 0.6 is 0 Å². The molecule has 218 valence electrons. The van der Waals surface area contributed by atoms with Crippen LogP contribution in [0.1, 0.15) is 45.9 Å². The summed E-state index contributed by atoms with van der Waals surface area (Å²) in [5, 5.41) is 105. The van der Waals surface area contributed by atoms with E-state index in [4.69, 9.17) is 9.47 Å². The molecule has 2 aliphatic heterocycles. The Morgan fingerprint density at radius 1 is 0.548 bits per heavy atom. The van der Waals surface area contributed by atoms with E-state index in [-0.39, 0.29) is 51.5 Å². The zero-order valence-corrected chi connectivity index (χ0v) is 21.6. The number of ether oxygens (including phenoxy) is 2. The van der Waals surface area contributed by atoms with Crippen molar-refractivity contribution >= 4 is 0 Å². The predicted molar refractivity (Wildman–Crippen MR) is 143 cm³/mol. The van der Waals surface area contributed by atoms with Crippen LogP contribution < -0.4 is 9.47 Å². The quantitative estimate of drug-likeness (QED) is 0.159. The molecule has 0 saturated carbocycles. The lowest BCUT2D eigenvalue weighted by molar-refractivity contribution is 0.00115. The van der Waals surface area contributed by atoms with Gasteiger partial charge in [0.25, 0.3) is 0 Å². The molecular weight excluding hydrogens is 552 g/mol. The van der Waals surface area contributed by atoms with Crippen molar-refractivity contribution in [3.8, 4) is 57.5 Å². The van der Waals surface area contributed by atoms with Gasteiger partial charge in [0.15, 0.2) is 29.1 Å². The van der Waals surface area contributed by atoms with Crippen LogP contribution in [0.15, 0.2) is 54.6 Å². The van der Waals surface area contributed by atoms with Gasteiger partial charge in [-0.3, -0.25) is 0 Å². The second kappa shape index (κ2) is 9.72. The summed E-state index contributed by atoms with van der Waals surface area (Å²) in [6, 6.07) is 10.8. The smallest absolute Gasteiger partial charge is 0.157 e. The average molecular weight is 579 g/mol. The molecule has 4 aromatic rings. The highest BCUT2D eigenvalue weighted by molar-refractivity contribution is 5.65. The average Bonchev–Trinajstić information content (AvgIpc) is 2.93. The first-order valence-electron chi connectivity index (χ1n) is 12.8. The summed E-state index contributed by atoms with van der Waals surface area (Å²) in [7, 11) is 0. The Morgan fingerprint density at radius 3 is 1.76 bits per heavy atom. The number of aliphatic hydroxyl groups is 2. The molecule has 0 fully saturated rings. The van der Waals surface area contributed by atoms with E-state index in [2.05, 4.69) is 0 Å². The molecular formula is C30H26O12. The third-order valence-electron chi connectivity index (χ3n) is 7.67. The summed E-state index contributed by atoms with van der Waals surface area (Å²) in [5.41, 5.74) is 0.435. The summed E-state index contributed by atoms with van der Waals surface area (Å²) in [5.74, 6) is -5.08. The number of hydrogen-bond acceptors (Lipinski definition) is 12. The lowest BCUT2D eigenvalue weighted by Crippen LogP contribution is -2.36. The number of phenolic OH excluding ortho intramolecular Hbond substituents is 8. The number of aliphatic hydroxyl groups excluding tert-OH is 2. The highest BCUT2D eigenvalue weighted by Gasteiger charge is 2.46. The zero-order valence-electron chi connectivity index (χ0n) is 21.6. The zero-order chi connectivity index (χ0) is 30.0. The van der Waals surface area contributed by atoms with Gasteiger partial charge in [0, 0.05) is 41.3 Å². The van der Waals surface area contributed by atoms with Crippen LogP contribution in [-0.2, 0) is 6.42 Å². The maximum absolute atomic E-state index is 11.8. The van der Waals surface area contributed by atoms with Gasteiger partial charge in [-0.15, -0.1) is 0 Å². The van der Waals surface area contributed by atoms with Gasteiger partial charge in [-0.25, -0.2) is 0 Å². The predicted octanol–water partition coefficient (Wildman–Crippen LogP) is 3.00. The van der Waals surface area contributed by atoms with Crippen molar-refractivity contribution < 1.29 is 60.5 Å². The fourth-order valence-corrected chi connectivity index (χ4v) is 5.71. The van der Waals surface area contributed by atoms with E-state index < -0.39 is 70.6 Å². The molecule has 10 N–H and O–H groups in total. The Morgan fingerprint density at radius 2 is 1.14 bits per heavy atom. The molecule has 4 aromatic carbocycles. The molecule has 0 saturated heterocycles. The number of phenols is 8. The van der Waals surface area contributed by atoms with Crippen molar-refractivity contribution in [1.29, 1.82) is 0 Å². The molecule has 2 heterocycles. The van der Waals surface area contributed by atoms with E-state index in [1.807, 2.05) is 0 Å². The van der Waals surface area contributed by atoms with Crippen molar-refractivity contribution in [3.05, 3.63) is 82.4 Å². The molecule has 12 heteroatoms. The van der Waals surface area contributed by atoms with Crippen LogP contribution in [0.5, 0.6) is 57.5 Å². The summed E-state index contributed by atoms with van der Waals surface area (Å²) in [4.78, 5) is 0. The Balaban J connectivity index is 1.55. The SMILES string of the molecule is Oc1cc(O)c2c(c1)O[C@@H](c1ccc(O)c(O)c1)[C@H](O)[C@H]2c1c(O)cc(O)c2c1O[C@@H](c1ccc(O)c(O)c1)[C@H](O)C2. The van der Waals surface area contributed by atoms with Gasteiger partial charge in [-0.1, -0.05) is 12.1 Å². The molecule has 12 nitrogen and oxygen atoms in total. The van der Waals surface area contributed by atoms with Gasteiger partial charge in [-0.05, 0) is 35.4 Å². The van der Waals surface area contributed by atoms with E-state index in [1.165, 1.54) is 42.5 Å². The van der Waals surface area contributed by atoms with E-state index >= 15 is 0 Å². The fraction of sp³-hybridized carbons (Fsp3) is 0.200. The van der Waals surface area contributed by atoms with Crippen LogP contribution in [0.3, 0.4) is 0 Å². The number of rotatable bonds is 3. The number of hydrogen-bond donors (Lipinski definition) is 10. The lowest BCUT2D eigenvalue weighted by Gasteiger charge is -2.40. The van der Waals surface area contributed by atoms with Gasteiger partial charge < -0.3 is 60.5 Å². The largest absolute Gasteiger partial charge is 0.508 e. The molecule has 0 bridgehead atoms. The maximum Gasteiger partial charge on any atom is 0.157 e. The monoisotopic (exact) mass is 578 g/mol. The van der Waals surface area contributed by atoms with E-state index in [9.17, 15) is 51.1 Å². The van der Waals surface area contributed by atoms with Crippen LogP contribution in [0.4, 0.5) is 0 Å². The number of aromatic hydroxyl groups is 8. The molecule has 0 radical (unpaired) electrons. The number of benzene rings is 4. The van der Waals surface area contributed by atoms with E-state index in [1.54, 1.807) is 0 Å². The molecule has 0 unspecified atom stereocenters. The normalized spacial score (nSPS) is 22.9. The van der Waals surface area contributed by atoms with Crippen molar-refractivity contribution in [3.63, 3.8) is 0 Å². The molecule has 0 aromatic heterocycles. The molecule has 0 spiro atoms. The molecule has 0 aliphatic carbocycles. The van der Waals surface area contributed by atoms with Gasteiger partial charge >= 0.3 is 0 Å². The second-order valence-corrected chi connectivity index (χ2v) is 10.3. The third-order valence-corrected chi connectivity index (χ3v) is 7.67. The highest BCUT2D eigenvalue weighted by Crippen LogP contribution is 2.57. The minimum atomic E-state index is -1.59. The second-order valence-electron chi connectivity index (χ2n) is 10.3. The first kappa shape index (κ1) is 27.0. The van der Waals surface area contributed by atoms with Crippen LogP contribution in [0, 0.1) is 0 Å². The maximum atomic E-state index is 11.8. The van der Waals surface area contributed by atoms with Crippen molar-refractivity contribution in [2.24, 2.45) is 0 Å². The van der Waals surface area contributed by atoms with E-state index in [0.29, 0.717) is 0 Å². The van der Waals surface area contributed by atoms with Crippen molar-refractivity contribution in [2.45, 2.75) is 36.8 Å². The minimum absolute atomic E-state index is 0.0312. The molecule has 5 atom stereocenters. The lowest BCUT2D eigenvalue weighted by atomic mass is 9.77. The first-order valence-corrected chi connectivity index (χ1v) is 12.8. The summed E-state index contributed by atoms with van der Waals surface area (Å²) < 4.78 is 12.1. The fourth-order valence-electron chi connectivity index (χ4n) is 5.71.